The predicted octanol–water partition coefficient (Wildman–Crippen LogP) is 2.75. The van der Waals surface area contributed by atoms with Gasteiger partial charge in [0.1, 0.15) is 6.61 Å². The van der Waals surface area contributed by atoms with Crippen molar-refractivity contribution in [3.8, 4) is 0 Å². The zero-order chi connectivity index (χ0) is 17.2. The van der Waals surface area contributed by atoms with E-state index in [1.165, 1.54) is 19.3 Å². The molecule has 0 saturated carbocycles. The van der Waals surface area contributed by atoms with E-state index in [9.17, 15) is 9.59 Å². The van der Waals surface area contributed by atoms with E-state index >= 15 is 0 Å². The summed E-state index contributed by atoms with van der Waals surface area (Å²) in [5.41, 5.74) is 0. The number of carboxylic acid groups (broad SMARTS) is 1. The maximum Gasteiger partial charge on any atom is 0.303 e. The molecule has 136 valence electrons. The molecule has 0 aromatic carbocycles. The van der Waals surface area contributed by atoms with Crippen LogP contribution in [0.5, 0.6) is 0 Å². The Morgan fingerprint density at radius 3 is 2.04 bits per heavy atom. The van der Waals surface area contributed by atoms with E-state index in [0.717, 1.165) is 32.1 Å². The van der Waals surface area contributed by atoms with Crippen molar-refractivity contribution in [3.05, 3.63) is 0 Å². The number of hydrogen-bond donors (Lipinski definition) is 2. The molecule has 6 heteroatoms. The van der Waals surface area contributed by atoms with E-state index in [4.69, 9.17) is 14.6 Å². The molecule has 0 aromatic heterocycles. The summed E-state index contributed by atoms with van der Waals surface area (Å²) in [7, 11) is 0. The maximum atomic E-state index is 11.4. The number of carbonyl (C=O) groups excluding carboxylic acids is 1. The second-order valence-electron chi connectivity index (χ2n) is 5.57. The first-order chi connectivity index (χ1) is 11.2. The number of ether oxygens (including phenoxy) is 2. The van der Waals surface area contributed by atoms with Gasteiger partial charge in [-0.15, -0.1) is 0 Å². The fourth-order valence-electron chi connectivity index (χ4n) is 2.17. The summed E-state index contributed by atoms with van der Waals surface area (Å²) >= 11 is 0. The van der Waals surface area contributed by atoms with Crippen molar-refractivity contribution in [2.75, 3.05) is 33.0 Å². The number of rotatable bonds is 17. The lowest BCUT2D eigenvalue weighted by Crippen LogP contribution is -2.29. The van der Waals surface area contributed by atoms with Gasteiger partial charge in [-0.3, -0.25) is 9.59 Å². The largest absolute Gasteiger partial charge is 0.481 e. The number of carboxylic acids is 1. The van der Waals surface area contributed by atoms with Crippen LogP contribution in [0.25, 0.3) is 0 Å². The van der Waals surface area contributed by atoms with Gasteiger partial charge in [0.05, 0.1) is 13.2 Å². The number of hydrogen-bond acceptors (Lipinski definition) is 4. The third-order valence-electron chi connectivity index (χ3n) is 3.45. The second kappa shape index (κ2) is 17.2. The molecule has 0 aliphatic heterocycles. The smallest absolute Gasteiger partial charge is 0.303 e. The summed E-state index contributed by atoms with van der Waals surface area (Å²) in [5, 5.41) is 11.4. The fourth-order valence-corrected chi connectivity index (χ4v) is 2.17. The highest BCUT2D eigenvalue weighted by Gasteiger charge is 2.00. The van der Waals surface area contributed by atoms with Gasteiger partial charge >= 0.3 is 5.97 Å². The van der Waals surface area contributed by atoms with E-state index in [-0.39, 0.29) is 18.9 Å². The molecular weight excluding hydrogens is 298 g/mol. The van der Waals surface area contributed by atoms with Crippen LogP contribution in [0.15, 0.2) is 0 Å². The van der Waals surface area contributed by atoms with E-state index in [0.29, 0.717) is 26.4 Å². The van der Waals surface area contributed by atoms with Crippen molar-refractivity contribution in [3.63, 3.8) is 0 Å². The van der Waals surface area contributed by atoms with Crippen LogP contribution in [0.1, 0.15) is 64.7 Å². The molecule has 0 heterocycles. The summed E-state index contributed by atoms with van der Waals surface area (Å²) in [6, 6.07) is 0. The van der Waals surface area contributed by atoms with Gasteiger partial charge in [0.25, 0.3) is 0 Å². The number of nitrogens with one attached hydrogen (secondary N) is 1. The Labute approximate surface area is 139 Å². The Kier molecular flexibility index (Phi) is 16.4. The molecule has 0 atom stereocenters. The van der Waals surface area contributed by atoms with Gasteiger partial charge in [0.2, 0.25) is 5.91 Å². The average Bonchev–Trinajstić information content (AvgIpc) is 2.52. The highest BCUT2D eigenvalue weighted by Crippen LogP contribution is 2.09. The van der Waals surface area contributed by atoms with Gasteiger partial charge in [-0.2, -0.15) is 0 Å². The maximum absolute atomic E-state index is 11.4. The molecule has 0 aromatic rings. The minimum Gasteiger partial charge on any atom is -0.481 e. The highest BCUT2D eigenvalue weighted by atomic mass is 16.5. The number of carbonyl (C=O) groups is 2. The van der Waals surface area contributed by atoms with Crippen LogP contribution in [-0.2, 0) is 19.1 Å². The molecule has 0 saturated heterocycles. The first-order valence-electron chi connectivity index (χ1n) is 8.80. The van der Waals surface area contributed by atoms with Crippen LogP contribution in [0.3, 0.4) is 0 Å². The molecule has 2 N–H and O–H groups in total. The molecule has 23 heavy (non-hydrogen) atoms. The van der Waals surface area contributed by atoms with Gasteiger partial charge in [-0.1, -0.05) is 38.5 Å². The monoisotopic (exact) mass is 331 g/mol. The molecule has 0 aliphatic rings. The normalized spacial score (nSPS) is 10.7. The lowest BCUT2D eigenvalue weighted by atomic mass is 10.1. The summed E-state index contributed by atoms with van der Waals surface area (Å²) in [6.07, 6.45) is 8.81. The van der Waals surface area contributed by atoms with Crippen molar-refractivity contribution in [2.24, 2.45) is 0 Å². The summed E-state index contributed by atoms with van der Waals surface area (Å²) in [5.74, 6) is -0.772. The van der Waals surface area contributed by atoms with Gasteiger partial charge < -0.3 is 19.9 Å². The van der Waals surface area contributed by atoms with Gasteiger partial charge in [-0.25, -0.2) is 0 Å². The van der Waals surface area contributed by atoms with Crippen molar-refractivity contribution in [1.82, 2.24) is 5.32 Å². The van der Waals surface area contributed by atoms with Gasteiger partial charge in [-0.05, 0) is 19.8 Å². The van der Waals surface area contributed by atoms with Crippen molar-refractivity contribution < 1.29 is 24.2 Å². The van der Waals surface area contributed by atoms with E-state index in [1.807, 2.05) is 6.92 Å². The molecule has 0 spiro atoms. The van der Waals surface area contributed by atoms with E-state index in [1.54, 1.807) is 0 Å². The zero-order valence-corrected chi connectivity index (χ0v) is 14.5. The highest BCUT2D eigenvalue weighted by molar-refractivity contribution is 5.77. The van der Waals surface area contributed by atoms with Crippen LogP contribution in [0.2, 0.25) is 0 Å². The summed E-state index contributed by atoms with van der Waals surface area (Å²) in [4.78, 5) is 21.8. The Hall–Kier alpha value is -1.14. The van der Waals surface area contributed by atoms with E-state index in [2.05, 4.69) is 5.32 Å². The molecule has 1 amide bonds. The first-order valence-corrected chi connectivity index (χ1v) is 8.80. The van der Waals surface area contributed by atoms with Crippen molar-refractivity contribution in [2.45, 2.75) is 64.7 Å². The minimum atomic E-state index is -0.702. The number of aliphatic carboxylic acids is 1. The molecule has 0 rings (SSSR count). The molecule has 0 fully saturated rings. The lowest BCUT2D eigenvalue weighted by Gasteiger charge is -2.06. The Bertz CT molecular complexity index is 297. The SMILES string of the molecule is CCOCCOCC(=O)NCCCCCCCCCCC(=O)O. The van der Waals surface area contributed by atoms with Crippen molar-refractivity contribution >= 4 is 11.9 Å². The summed E-state index contributed by atoms with van der Waals surface area (Å²) < 4.78 is 10.3. The Balaban J connectivity index is 3.14. The standard InChI is InChI=1S/C17H33NO5/c1-2-22-13-14-23-15-16(19)18-12-10-8-6-4-3-5-7-9-11-17(20)21/h2-15H2,1H3,(H,18,19)(H,20,21). The number of unbranched alkanes of at least 4 members (excludes halogenated alkanes) is 7. The molecule has 6 nitrogen and oxygen atoms in total. The van der Waals surface area contributed by atoms with Gasteiger partial charge in [0.15, 0.2) is 0 Å². The third kappa shape index (κ3) is 18.8. The third-order valence-corrected chi connectivity index (χ3v) is 3.45. The van der Waals surface area contributed by atoms with Crippen LogP contribution in [-0.4, -0.2) is 50.0 Å². The van der Waals surface area contributed by atoms with Gasteiger partial charge in [0, 0.05) is 19.6 Å². The minimum absolute atomic E-state index is 0.0695. The molecule has 0 radical (unpaired) electrons. The molecular formula is C17H33NO5. The predicted molar refractivity (Wildman–Crippen MR) is 89.5 cm³/mol. The molecule has 0 unspecified atom stereocenters. The Morgan fingerprint density at radius 2 is 1.43 bits per heavy atom. The van der Waals surface area contributed by atoms with E-state index < -0.39 is 5.97 Å². The Morgan fingerprint density at radius 1 is 0.870 bits per heavy atom. The van der Waals surface area contributed by atoms with Crippen molar-refractivity contribution in [1.29, 1.82) is 0 Å². The zero-order valence-electron chi connectivity index (χ0n) is 14.5. The molecule has 0 aliphatic carbocycles. The van der Waals surface area contributed by atoms with Crippen LogP contribution in [0.4, 0.5) is 0 Å². The number of amides is 1. The average molecular weight is 331 g/mol. The van der Waals surface area contributed by atoms with Crippen LogP contribution in [0, 0.1) is 0 Å². The molecule has 0 bridgehead atoms. The van der Waals surface area contributed by atoms with Crippen LogP contribution < -0.4 is 5.32 Å². The first kappa shape index (κ1) is 21.9. The quantitative estimate of drug-likeness (QED) is 0.400. The topological polar surface area (TPSA) is 84.9 Å². The second-order valence-corrected chi connectivity index (χ2v) is 5.57. The fraction of sp³-hybridized carbons (Fsp3) is 0.882. The lowest BCUT2D eigenvalue weighted by molar-refractivity contribution is -0.137. The summed E-state index contributed by atoms with van der Waals surface area (Å²) in [6.45, 7) is 4.37. The van der Waals surface area contributed by atoms with Crippen LogP contribution >= 0.6 is 0 Å².